The third-order valence-corrected chi connectivity index (χ3v) is 3.99. The highest BCUT2D eigenvalue weighted by atomic mass is 79.9. The van der Waals surface area contributed by atoms with Crippen molar-refractivity contribution in [3.63, 3.8) is 0 Å². The molecule has 5 heteroatoms. The van der Waals surface area contributed by atoms with Gasteiger partial charge in [-0.25, -0.2) is 0 Å². The van der Waals surface area contributed by atoms with Gasteiger partial charge in [-0.05, 0) is 52.2 Å². The summed E-state index contributed by atoms with van der Waals surface area (Å²) in [6.07, 6.45) is 2.39. The molecular formula is C13H11BrCl2N2. The standard InChI is InChI=1S/C13H11BrCl2N2/c14-9-2-1-5-18-13(9)12(17)7-8-3-4-10(15)11(16)6-8/h1-6,12H,7,17H2. The van der Waals surface area contributed by atoms with E-state index < -0.39 is 0 Å². The molecule has 1 aromatic heterocycles. The van der Waals surface area contributed by atoms with E-state index in [2.05, 4.69) is 20.9 Å². The van der Waals surface area contributed by atoms with Gasteiger partial charge in [-0.2, -0.15) is 0 Å². The molecule has 1 heterocycles. The monoisotopic (exact) mass is 344 g/mol. The highest BCUT2D eigenvalue weighted by molar-refractivity contribution is 9.10. The molecule has 0 spiro atoms. The lowest BCUT2D eigenvalue weighted by atomic mass is 10.0. The van der Waals surface area contributed by atoms with Crippen molar-refractivity contribution in [3.8, 4) is 0 Å². The molecule has 0 bridgehead atoms. The van der Waals surface area contributed by atoms with Crippen LogP contribution >= 0.6 is 39.1 Å². The smallest absolute Gasteiger partial charge is 0.0716 e. The van der Waals surface area contributed by atoms with E-state index >= 15 is 0 Å². The zero-order valence-corrected chi connectivity index (χ0v) is 12.5. The molecule has 0 aliphatic rings. The third kappa shape index (κ3) is 3.23. The van der Waals surface area contributed by atoms with Gasteiger partial charge in [0.05, 0.1) is 21.8 Å². The zero-order valence-electron chi connectivity index (χ0n) is 9.41. The van der Waals surface area contributed by atoms with Crippen molar-refractivity contribution in [2.45, 2.75) is 12.5 Å². The van der Waals surface area contributed by atoms with Crippen molar-refractivity contribution >= 4 is 39.1 Å². The molecular weight excluding hydrogens is 335 g/mol. The largest absolute Gasteiger partial charge is 0.322 e. The van der Waals surface area contributed by atoms with Gasteiger partial charge in [-0.3, -0.25) is 4.98 Å². The van der Waals surface area contributed by atoms with Crippen molar-refractivity contribution in [1.82, 2.24) is 4.98 Å². The molecule has 0 radical (unpaired) electrons. The second-order valence-electron chi connectivity index (χ2n) is 3.93. The SMILES string of the molecule is NC(Cc1ccc(Cl)c(Cl)c1)c1ncccc1Br. The minimum absolute atomic E-state index is 0.183. The third-order valence-electron chi connectivity index (χ3n) is 2.58. The van der Waals surface area contributed by atoms with Crippen LogP contribution in [0.4, 0.5) is 0 Å². The van der Waals surface area contributed by atoms with Gasteiger partial charge < -0.3 is 5.73 Å². The molecule has 2 nitrogen and oxygen atoms in total. The van der Waals surface area contributed by atoms with Crippen LogP contribution in [0.1, 0.15) is 17.3 Å². The van der Waals surface area contributed by atoms with E-state index in [9.17, 15) is 0 Å². The van der Waals surface area contributed by atoms with E-state index in [1.54, 1.807) is 12.3 Å². The molecule has 1 unspecified atom stereocenters. The second-order valence-corrected chi connectivity index (χ2v) is 5.60. The quantitative estimate of drug-likeness (QED) is 0.895. The molecule has 0 aliphatic carbocycles. The van der Waals surface area contributed by atoms with Crippen molar-refractivity contribution in [2.75, 3.05) is 0 Å². The van der Waals surface area contributed by atoms with E-state index in [1.807, 2.05) is 24.3 Å². The molecule has 0 saturated heterocycles. The lowest BCUT2D eigenvalue weighted by molar-refractivity contribution is 0.692. The topological polar surface area (TPSA) is 38.9 Å². The van der Waals surface area contributed by atoms with E-state index in [-0.39, 0.29) is 6.04 Å². The first-order valence-corrected chi connectivity index (χ1v) is 6.92. The predicted octanol–water partition coefficient (Wildman–Crippen LogP) is 4.39. The Morgan fingerprint density at radius 1 is 1.22 bits per heavy atom. The minimum atomic E-state index is -0.183. The second kappa shape index (κ2) is 6.02. The van der Waals surface area contributed by atoms with Gasteiger partial charge in [0.1, 0.15) is 0 Å². The van der Waals surface area contributed by atoms with Crippen LogP contribution in [-0.4, -0.2) is 4.98 Å². The van der Waals surface area contributed by atoms with E-state index in [0.29, 0.717) is 16.5 Å². The van der Waals surface area contributed by atoms with Crippen LogP contribution in [0.15, 0.2) is 41.0 Å². The van der Waals surface area contributed by atoms with Gasteiger partial charge in [-0.1, -0.05) is 29.3 Å². The highest BCUT2D eigenvalue weighted by Crippen LogP contribution is 2.26. The number of hydrogen-bond donors (Lipinski definition) is 1. The fourth-order valence-corrected chi connectivity index (χ4v) is 2.56. The Morgan fingerprint density at radius 3 is 2.67 bits per heavy atom. The number of nitrogens with zero attached hydrogens (tertiary/aromatic N) is 1. The van der Waals surface area contributed by atoms with Crippen LogP contribution < -0.4 is 5.73 Å². The van der Waals surface area contributed by atoms with Crippen LogP contribution in [0.2, 0.25) is 10.0 Å². The lowest BCUT2D eigenvalue weighted by Gasteiger charge is -2.13. The average molecular weight is 346 g/mol. The van der Waals surface area contributed by atoms with Crippen molar-refractivity contribution in [3.05, 3.63) is 62.3 Å². The Labute approximate surface area is 124 Å². The number of benzene rings is 1. The van der Waals surface area contributed by atoms with E-state index in [1.165, 1.54) is 0 Å². The molecule has 0 saturated carbocycles. The van der Waals surface area contributed by atoms with Gasteiger partial charge >= 0.3 is 0 Å². The van der Waals surface area contributed by atoms with Gasteiger partial charge in [-0.15, -0.1) is 0 Å². The summed E-state index contributed by atoms with van der Waals surface area (Å²) in [5.41, 5.74) is 8.02. The van der Waals surface area contributed by atoms with Crippen LogP contribution in [0.3, 0.4) is 0 Å². The molecule has 2 N–H and O–H groups in total. The van der Waals surface area contributed by atoms with Crippen LogP contribution in [0.25, 0.3) is 0 Å². The molecule has 18 heavy (non-hydrogen) atoms. The molecule has 1 atom stereocenters. The molecule has 0 fully saturated rings. The number of aromatic nitrogens is 1. The summed E-state index contributed by atoms with van der Waals surface area (Å²) in [4.78, 5) is 4.28. The first-order chi connectivity index (χ1) is 8.58. The maximum Gasteiger partial charge on any atom is 0.0716 e. The summed E-state index contributed by atoms with van der Waals surface area (Å²) in [7, 11) is 0. The molecule has 0 amide bonds. The van der Waals surface area contributed by atoms with E-state index in [4.69, 9.17) is 28.9 Å². The maximum absolute atomic E-state index is 6.15. The van der Waals surface area contributed by atoms with Crippen molar-refractivity contribution in [1.29, 1.82) is 0 Å². The molecule has 2 rings (SSSR count). The zero-order chi connectivity index (χ0) is 13.1. The number of halogens is 3. The summed E-state index contributed by atoms with van der Waals surface area (Å²) in [5.74, 6) is 0. The predicted molar refractivity (Wildman–Crippen MR) is 79.0 cm³/mol. The summed E-state index contributed by atoms with van der Waals surface area (Å²) >= 11 is 15.3. The molecule has 94 valence electrons. The normalized spacial score (nSPS) is 12.4. The Bertz CT molecular complexity index is 560. The highest BCUT2D eigenvalue weighted by Gasteiger charge is 2.12. The maximum atomic E-state index is 6.15. The van der Waals surface area contributed by atoms with Crippen molar-refractivity contribution in [2.24, 2.45) is 5.73 Å². The Hall–Kier alpha value is -0.610. The first-order valence-electron chi connectivity index (χ1n) is 5.38. The van der Waals surface area contributed by atoms with Gasteiger partial charge in [0.15, 0.2) is 0 Å². The molecule has 1 aromatic carbocycles. The minimum Gasteiger partial charge on any atom is -0.322 e. The fraction of sp³-hybridized carbons (Fsp3) is 0.154. The first kappa shape index (κ1) is 13.8. The van der Waals surface area contributed by atoms with Gasteiger partial charge in [0.25, 0.3) is 0 Å². The van der Waals surface area contributed by atoms with Crippen LogP contribution in [0.5, 0.6) is 0 Å². The summed E-state index contributed by atoms with van der Waals surface area (Å²) in [6, 6.07) is 9.14. The number of pyridine rings is 1. The number of nitrogens with two attached hydrogens (primary N) is 1. The van der Waals surface area contributed by atoms with E-state index in [0.717, 1.165) is 15.7 Å². The Balaban J connectivity index is 2.19. The van der Waals surface area contributed by atoms with Crippen LogP contribution in [0, 0.1) is 0 Å². The molecule has 0 aliphatic heterocycles. The Kier molecular flexibility index (Phi) is 4.62. The number of rotatable bonds is 3. The summed E-state index contributed by atoms with van der Waals surface area (Å²) < 4.78 is 0.914. The fourth-order valence-electron chi connectivity index (χ4n) is 1.69. The number of hydrogen-bond acceptors (Lipinski definition) is 2. The van der Waals surface area contributed by atoms with Crippen molar-refractivity contribution < 1.29 is 0 Å². The van der Waals surface area contributed by atoms with Gasteiger partial charge in [0.2, 0.25) is 0 Å². The average Bonchev–Trinajstić information content (AvgIpc) is 2.34. The Morgan fingerprint density at radius 2 is 2.00 bits per heavy atom. The summed E-state index contributed by atoms with van der Waals surface area (Å²) in [6.45, 7) is 0. The lowest BCUT2D eigenvalue weighted by Crippen LogP contribution is -2.15. The molecule has 2 aromatic rings. The van der Waals surface area contributed by atoms with Gasteiger partial charge in [0, 0.05) is 10.7 Å². The summed E-state index contributed by atoms with van der Waals surface area (Å²) in [5, 5.41) is 1.09. The van der Waals surface area contributed by atoms with Crippen LogP contribution in [-0.2, 0) is 6.42 Å².